The van der Waals surface area contributed by atoms with Gasteiger partial charge in [-0.2, -0.15) is 0 Å². The van der Waals surface area contributed by atoms with E-state index >= 15 is 0 Å². The normalized spacial score (nSPS) is 10.6. The molecule has 0 saturated carbocycles. The van der Waals surface area contributed by atoms with Crippen molar-refractivity contribution >= 4 is 11.4 Å². The largest absolute Gasteiger partial charge is 0.398 e. The van der Waals surface area contributed by atoms with Crippen LogP contribution in [-0.2, 0) is 0 Å². The standard InChI is InChI=1S/C11H18N3/c1-13(2)7-8-14(3)11-6-4-5-10(12)9-11/h4,6,9H,7-8,12H2,1-3H3. The molecule has 3 nitrogen and oxygen atoms in total. The number of rotatable bonds is 4. The van der Waals surface area contributed by atoms with Crippen LogP contribution >= 0.6 is 0 Å². The van der Waals surface area contributed by atoms with Crippen LogP contribution in [0, 0.1) is 6.07 Å². The third kappa shape index (κ3) is 3.26. The van der Waals surface area contributed by atoms with Gasteiger partial charge in [-0.1, -0.05) is 6.07 Å². The first-order valence-corrected chi connectivity index (χ1v) is 4.72. The molecule has 0 spiro atoms. The van der Waals surface area contributed by atoms with E-state index in [0.29, 0.717) is 5.69 Å². The van der Waals surface area contributed by atoms with E-state index in [1.807, 2.05) is 18.2 Å². The molecular formula is C11H18N3. The molecule has 0 unspecified atom stereocenters. The molecular weight excluding hydrogens is 174 g/mol. The lowest BCUT2D eigenvalue weighted by molar-refractivity contribution is 0.416. The lowest BCUT2D eigenvalue weighted by Crippen LogP contribution is -2.28. The number of nitrogen functional groups attached to an aromatic ring is 1. The Kier molecular flexibility index (Phi) is 3.77. The van der Waals surface area contributed by atoms with Crippen molar-refractivity contribution in [2.24, 2.45) is 0 Å². The van der Waals surface area contributed by atoms with Crippen molar-refractivity contribution in [2.45, 2.75) is 0 Å². The van der Waals surface area contributed by atoms with Crippen LogP contribution in [0.25, 0.3) is 0 Å². The van der Waals surface area contributed by atoms with E-state index in [2.05, 4.69) is 37.0 Å². The highest BCUT2D eigenvalue weighted by atomic mass is 15.1. The first kappa shape index (κ1) is 10.9. The van der Waals surface area contributed by atoms with Crippen LogP contribution in [0.5, 0.6) is 0 Å². The molecule has 0 saturated heterocycles. The molecule has 77 valence electrons. The summed E-state index contributed by atoms with van der Waals surface area (Å²) >= 11 is 0. The Bertz CT molecular complexity index is 284. The van der Waals surface area contributed by atoms with E-state index in [1.165, 1.54) is 0 Å². The minimum atomic E-state index is 0.694. The first-order chi connectivity index (χ1) is 6.59. The SMILES string of the molecule is CN(C)CCN(C)c1cc[c]c(N)c1. The smallest absolute Gasteiger partial charge is 0.0415 e. The molecule has 0 bridgehead atoms. The Hall–Kier alpha value is -1.22. The molecule has 0 aliphatic heterocycles. The fraction of sp³-hybridized carbons (Fsp3) is 0.455. The van der Waals surface area contributed by atoms with E-state index in [-0.39, 0.29) is 0 Å². The van der Waals surface area contributed by atoms with Gasteiger partial charge in [-0.05, 0) is 26.2 Å². The Balaban J connectivity index is 2.56. The number of benzene rings is 1. The van der Waals surface area contributed by atoms with Crippen LogP contribution in [-0.4, -0.2) is 39.1 Å². The molecule has 0 aliphatic carbocycles. The zero-order valence-corrected chi connectivity index (χ0v) is 9.12. The topological polar surface area (TPSA) is 32.5 Å². The predicted octanol–water partition coefficient (Wildman–Crippen LogP) is 1.07. The highest BCUT2D eigenvalue weighted by Crippen LogP contribution is 2.14. The molecule has 0 amide bonds. The number of anilines is 2. The van der Waals surface area contributed by atoms with Crippen LogP contribution in [0.4, 0.5) is 11.4 Å². The van der Waals surface area contributed by atoms with Gasteiger partial charge in [-0.3, -0.25) is 0 Å². The molecule has 14 heavy (non-hydrogen) atoms. The van der Waals surface area contributed by atoms with E-state index in [9.17, 15) is 0 Å². The van der Waals surface area contributed by atoms with Crippen LogP contribution in [0.1, 0.15) is 0 Å². The van der Waals surface area contributed by atoms with Gasteiger partial charge >= 0.3 is 0 Å². The fourth-order valence-corrected chi connectivity index (χ4v) is 1.19. The lowest BCUT2D eigenvalue weighted by atomic mass is 10.2. The van der Waals surface area contributed by atoms with Gasteiger partial charge in [0.2, 0.25) is 0 Å². The number of likely N-dealkylation sites (N-methyl/N-ethyl adjacent to an activating group) is 2. The molecule has 0 aromatic heterocycles. The summed E-state index contributed by atoms with van der Waals surface area (Å²) in [4.78, 5) is 4.35. The second kappa shape index (κ2) is 4.86. The zero-order valence-electron chi connectivity index (χ0n) is 9.12. The van der Waals surface area contributed by atoms with Crippen LogP contribution in [0.3, 0.4) is 0 Å². The second-order valence-corrected chi connectivity index (χ2v) is 3.73. The van der Waals surface area contributed by atoms with Crippen LogP contribution in [0.2, 0.25) is 0 Å². The number of hydrogen-bond donors (Lipinski definition) is 1. The average Bonchev–Trinajstić information content (AvgIpc) is 2.14. The highest BCUT2D eigenvalue weighted by molar-refractivity contribution is 5.54. The van der Waals surface area contributed by atoms with Crippen molar-refractivity contribution in [1.29, 1.82) is 0 Å². The minimum absolute atomic E-state index is 0.694. The maximum Gasteiger partial charge on any atom is 0.0415 e. The molecule has 2 N–H and O–H groups in total. The molecule has 3 heteroatoms. The summed E-state index contributed by atoms with van der Waals surface area (Å²) in [5.74, 6) is 0. The van der Waals surface area contributed by atoms with Gasteiger partial charge < -0.3 is 15.5 Å². The van der Waals surface area contributed by atoms with Gasteiger partial charge in [0.25, 0.3) is 0 Å². The molecule has 0 fully saturated rings. The van der Waals surface area contributed by atoms with Gasteiger partial charge in [0.05, 0.1) is 0 Å². The third-order valence-corrected chi connectivity index (χ3v) is 2.13. The van der Waals surface area contributed by atoms with Gasteiger partial charge in [0, 0.05) is 37.6 Å². The highest BCUT2D eigenvalue weighted by Gasteiger charge is 2.00. The number of nitrogens with two attached hydrogens (primary N) is 1. The van der Waals surface area contributed by atoms with Crippen LogP contribution in [0.15, 0.2) is 18.2 Å². The van der Waals surface area contributed by atoms with Crippen molar-refractivity contribution < 1.29 is 0 Å². The summed E-state index contributed by atoms with van der Waals surface area (Å²) in [7, 11) is 6.21. The molecule has 0 aliphatic rings. The summed E-state index contributed by atoms with van der Waals surface area (Å²) in [5.41, 5.74) is 7.50. The third-order valence-electron chi connectivity index (χ3n) is 2.13. The molecule has 0 heterocycles. The van der Waals surface area contributed by atoms with Crippen molar-refractivity contribution in [1.82, 2.24) is 4.90 Å². The van der Waals surface area contributed by atoms with Crippen molar-refractivity contribution in [3.05, 3.63) is 24.3 Å². The molecule has 1 aromatic rings. The molecule has 0 atom stereocenters. The summed E-state index contributed by atoms with van der Waals surface area (Å²) in [5, 5.41) is 0. The van der Waals surface area contributed by atoms with Crippen LogP contribution < -0.4 is 10.6 Å². The van der Waals surface area contributed by atoms with E-state index in [0.717, 1.165) is 18.8 Å². The Morgan fingerprint density at radius 3 is 2.57 bits per heavy atom. The average molecular weight is 192 g/mol. The van der Waals surface area contributed by atoms with Gasteiger partial charge in [0.15, 0.2) is 0 Å². The van der Waals surface area contributed by atoms with E-state index in [4.69, 9.17) is 5.73 Å². The van der Waals surface area contributed by atoms with Gasteiger partial charge in [-0.15, -0.1) is 0 Å². The predicted molar refractivity (Wildman–Crippen MR) is 61.5 cm³/mol. The molecule has 1 radical (unpaired) electrons. The fourth-order valence-electron chi connectivity index (χ4n) is 1.19. The maximum atomic E-state index is 5.66. The van der Waals surface area contributed by atoms with Crippen molar-refractivity contribution in [2.75, 3.05) is 44.9 Å². The van der Waals surface area contributed by atoms with Gasteiger partial charge in [0.1, 0.15) is 0 Å². The monoisotopic (exact) mass is 192 g/mol. The zero-order chi connectivity index (χ0) is 10.6. The summed E-state index contributed by atoms with van der Waals surface area (Å²) < 4.78 is 0. The number of hydrogen-bond acceptors (Lipinski definition) is 3. The molecule has 1 aromatic carbocycles. The lowest BCUT2D eigenvalue weighted by Gasteiger charge is -2.21. The van der Waals surface area contributed by atoms with Crippen molar-refractivity contribution in [3.63, 3.8) is 0 Å². The molecule has 1 rings (SSSR count). The Morgan fingerprint density at radius 2 is 2.00 bits per heavy atom. The summed E-state index contributed by atoms with van der Waals surface area (Å²) in [6, 6.07) is 8.75. The first-order valence-electron chi connectivity index (χ1n) is 4.72. The van der Waals surface area contributed by atoms with Crippen molar-refractivity contribution in [3.8, 4) is 0 Å². The van der Waals surface area contributed by atoms with E-state index < -0.39 is 0 Å². The minimum Gasteiger partial charge on any atom is -0.398 e. The number of nitrogens with zero attached hydrogens (tertiary/aromatic N) is 2. The summed E-state index contributed by atoms with van der Waals surface area (Å²) in [6.45, 7) is 2.03. The Morgan fingerprint density at radius 1 is 1.29 bits per heavy atom. The quantitative estimate of drug-likeness (QED) is 0.724. The maximum absolute atomic E-state index is 5.66. The van der Waals surface area contributed by atoms with Gasteiger partial charge in [-0.25, -0.2) is 0 Å². The second-order valence-electron chi connectivity index (χ2n) is 3.73. The Labute approximate surface area is 86.1 Å². The van der Waals surface area contributed by atoms with E-state index in [1.54, 1.807) is 0 Å². The summed E-state index contributed by atoms with van der Waals surface area (Å²) in [6.07, 6.45) is 0.